The Labute approximate surface area is 120 Å². The van der Waals surface area contributed by atoms with Gasteiger partial charge in [0.05, 0.1) is 20.6 Å². The maximum Gasteiger partial charge on any atom is 0.261 e. The van der Waals surface area contributed by atoms with Crippen molar-refractivity contribution in [1.82, 2.24) is 4.90 Å². The van der Waals surface area contributed by atoms with Gasteiger partial charge >= 0.3 is 0 Å². The molecule has 0 unspecified atom stereocenters. The van der Waals surface area contributed by atoms with Gasteiger partial charge in [0.25, 0.3) is 11.8 Å². The lowest BCUT2D eigenvalue weighted by Crippen LogP contribution is -2.31. The van der Waals surface area contributed by atoms with Crippen LogP contribution in [0.5, 0.6) is 0 Å². The smallest absolute Gasteiger partial charge is 0.261 e. The first-order valence-electron chi connectivity index (χ1n) is 6.70. The van der Waals surface area contributed by atoms with Crippen LogP contribution in [-0.2, 0) is 9.47 Å². The molecule has 0 aromatic heterocycles. The van der Waals surface area contributed by atoms with Crippen LogP contribution in [0.25, 0.3) is 0 Å². The predicted molar refractivity (Wildman–Crippen MR) is 77.6 cm³/mol. The van der Waals surface area contributed by atoms with Crippen LogP contribution in [0, 0.1) is 0 Å². The number of imide groups is 1. The highest BCUT2D eigenvalue weighted by molar-refractivity contribution is 6.36. The van der Waals surface area contributed by atoms with Gasteiger partial charge in [-0.15, -0.1) is 0 Å². The summed E-state index contributed by atoms with van der Waals surface area (Å²) in [6.07, 6.45) is 0.806. The van der Waals surface area contributed by atoms with E-state index in [4.69, 9.17) is 9.47 Å². The Bertz CT molecular complexity index is 467. The van der Waals surface area contributed by atoms with Gasteiger partial charge in [0, 0.05) is 20.8 Å². The number of carbonyl (C=O) groups is 2. The topological polar surface area (TPSA) is 55.8 Å². The van der Waals surface area contributed by atoms with Crippen molar-refractivity contribution in [2.24, 2.45) is 0 Å². The summed E-state index contributed by atoms with van der Waals surface area (Å²) in [5, 5.41) is 0. The first kappa shape index (κ1) is 14.9. The second-order valence-corrected chi connectivity index (χ2v) is 6.66. The largest absolute Gasteiger partial charge is 0.360 e. The second kappa shape index (κ2) is 6.78. The lowest BCUT2D eigenvalue weighted by atomic mass is 10.1. The number of methoxy groups -OCH3 is 2. The van der Waals surface area contributed by atoms with Gasteiger partial charge in [-0.1, -0.05) is 18.2 Å². The third kappa shape index (κ3) is 2.97. The van der Waals surface area contributed by atoms with Crippen LogP contribution in [0.4, 0.5) is 0 Å². The van der Waals surface area contributed by atoms with Crippen LogP contribution in [0.2, 0.25) is 6.04 Å². The molecule has 0 atom stereocenters. The van der Waals surface area contributed by atoms with Crippen molar-refractivity contribution in [3.63, 3.8) is 0 Å². The van der Waals surface area contributed by atoms with Crippen molar-refractivity contribution in [3.8, 4) is 0 Å². The molecule has 5 nitrogen and oxygen atoms in total. The molecule has 0 saturated heterocycles. The Morgan fingerprint density at radius 3 is 2.15 bits per heavy atom. The van der Waals surface area contributed by atoms with E-state index in [1.807, 2.05) is 0 Å². The molecule has 0 saturated carbocycles. The monoisotopic (exact) mass is 293 g/mol. The molecule has 20 heavy (non-hydrogen) atoms. The first-order valence-corrected chi connectivity index (χ1v) is 8.51. The Morgan fingerprint density at radius 1 is 1.10 bits per heavy atom. The second-order valence-electron chi connectivity index (χ2n) is 4.70. The zero-order valence-corrected chi connectivity index (χ0v) is 13.2. The summed E-state index contributed by atoms with van der Waals surface area (Å²) in [5.41, 5.74) is 1.03. The number of fused-ring (bicyclic) bond motifs is 1. The van der Waals surface area contributed by atoms with Crippen molar-refractivity contribution in [3.05, 3.63) is 35.4 Å². The van der Waals surface area contributed by atoms with E-state index >= 15 is 0 Å². The molecule has 0 aliphatic carbocycles. The Kier molecular flexibility index (Phi) is 5.05. The molecule has 2 amide bonds. The molecular weight excluding hydrogens is 274 g/mol. The van der Waals surface area contributed by atoms with Crippen LogP contribution in [0.3, 0.4) is 0 Å². The quantitative estimate of drug-likeness (QED) is 0.323. The van der Waals surface area contributed by atoms with Crippen LogP contribution < -0.4 is 0 Å². The molecule has 0 fully saturated rings. The molecule has 0 spiro atoms. The lowest BCUT2D eigenvalue weighted by Gasteiger charge is -2.15. The number of nitrogens with zero attached hydrogens (tertiary/aromatic N) is 1. The molecule has 0 N–H and O–H groups in total. The van der Waals surface area contributed by atoms with Crippen molar-refractivity contribution >= 4 is 21.3 Å². The van der Waals surface area contributed by atoms with Gasteiger partial charge in [-0.25, -0.2) is 0 Å². The maximum absolute atomic E-state index is 12.1. The van der Waals surface area contributed by atoms with Gasteiger partial charge in [0.1, 0.15) is 5.91 Å². The maximum atomic E-state index is 12.1. The average molecular weight is 293 g/mol. The molecule has 1 aliphatic heterocycles. The van der Waals surface area contributed by atoms with Gasteiger partial charge in [-0.05, 0) is 18.6 Å². The molecule has 1 heterocycles. The highest BCUT2D eigenvalue weighted by Crippen LogP contribution is 2.22. The highest BCUT2D eigenvalue weighted by Gasteiger charge is 2.34. The number of hydrogen-bond acceptors (Lipinski definition) is 4. The zero-order chi connectivity index (χ0) is 14.5. The van der Waals surface area contributed by atoms with Gasteiger partial charge in [-0.3, -0.25) is 14.5 Å². The number of benzene rings is 1. The van der Waals surface area contributed by atoms with Crippen molar-refractivity contribution < 1.29 is 19.1 Å². The van der Waals surface area contributed by atoms with Crippen molar-refractivity contribution in [2.45, 2.75) is 18.4 Å². The minimum absolute atomic E-state index is 0.0859. The summed E-state index contributed by atoms with van der Waals surface area (Å²) in [5.74, 6) is -0.443. The Morgan fingerprint density at radius 2 is 1.65 bits per heavy atom. The zero-order valence-electron chi connectivity index (χ0n) is 11.8. The standard InChI is InChI=1S/C14H19NO4Si/c1-18-14(19-2)20-9-5-8-15-12(16)10-6-3-4-7-11(10)13(15)17/h3-4,6-7,14H,5,8-9,20H2,1-2H3. The van der Waals surface area contributed by atoms with Crippen LogP contribution in [-0.4, -0.2) is 52.9 Å². The summed E-state index contributed by atoms with van der Waals surface area (Å²) in [4.78, 5) is 25.6. The molecule has 0 bridgehead atoms. The van der Waals surface area contributed by atoms with Crippen LogP contribution >= 0.6 is 0 Å². The van der Waals surface area contributed by atoms with E-state index in [9.17, 15) is 9.59 Å². The minimum atomic E-state index is -0.506. The van der Waals surface area contributed by atoms with Crippen molar-refractivity contribution in [2.75, 3.05) is 20.8 Å². The number of amides is 2. The summed E-state index contributed by atoms with van der Waals surface area (Å²) in [6.45, 7) is 0.472. The van der Waals surface area contributed by atoms with Gasteiger partial charge in [0.2, 0.25) is 0 Å². The normalized spacial score (nSPS) is 14.8. The van der Waals surface area contributed by atoms with E-state index in [0.29, 0.717) is 17.7 Å². The van der Waals surface area contributed by atoms with E-state index < -0.39 is 9.52 Å². The van der Waals surface area contributed by atoms with E-state index in [-0.39, 0.29) is 17.7 Å². The Hall–Kier alpha value is -1.50. The first-order chi connectivity index (χ1) is 9.69. The molecule has 6 heteroatoms. The Balaban J connectivity index is 1.87. The number of carbonyl (C=O) groups excluding carboxylic acids is 2. The summed E-state index contributed by atoms with van der Waals surface area (Å²) in [6, 6.07) is 7.94. The third-order valence-electron chi connectivity index (χ3n) is 3.48. The fraction of sp³-hybridized carbons (Fsp3) is 0.429. The summed E-state index contributed by atoms with van der Waals surface area (Å²) >= 11 is 0. The van der Waals surface area contributed by atoms with Crippen LogP contribution in [0.1, 0.15) is 27.1 Å². The van der Waals surface area contributed by atoms with E-state index in [2.05, 4.69) is 0 Å². The van der Waals surface area contributed by atoms with E-state index in [0.717, 1.165) is 12.5 Å². The lowest BCUT2D eigenvalue weighted by molar-refractivity contribution is -0.0441. The summed E-state index contributed by atoms with van der Waals surface area (Å²) in [7, 11) is 2.75. The van der Waals surface area contributed by atoms with E-state index in [1.165, 1.54) is 4.90 Å². The van der Waals surface area contributed by atoms with E-state index in [1.54, 1.807) is 38.5 Å². The van der Waals surface area contributed by atoms with Gasteiger partial charge in [0.15, 0.2) is 0 Å². The molecule has 1 aliphatic rings. The van der Waals surface area contributed by atoms with Gasteiger partial charge < -0.3 is 9.47 Å². The number of ether oxygens (including phenoxy) is 2. The molecule has 2 rings (SSSR count). The fourth-order valence-electron chi connectivity index (χ4n) is 2.36. The van der Waals surface area contributed by atoms with Crippen LogP contribution in [0.15, 0.2) is 24.3 Å². The third-order valence-corrected chi connectivity index (χ3v) is 5.52. The SMILES string of the molecule is COC(OC)[SiH2]CCCN1C(=O)c2ccccc2C1=O. The molecular formula is C14H19NO4Si. The van der Waals surface area contributed by atoms with Crippen molar-refractivity contribution in [1.29, 1.82) is 0 Å². The molecule has 1 aromatic rings. The fourth-order valence-corrected chi connectivity index (χ4v) is 3.67. The predicted octanol–water partition coefficient (Wildman–Crippen LogP) is 0.836. The van der Waals surface area contributed by atoms with Gasteiger partial charge in [-0.2, -0.15) is 0 Å². The average Bonchev–Trinajstić information content (AvgIpc) is 2.72. The number of rotatable bonds is 7. The molecule has 0 radical (unpaired) electrons. The molecule has 108 valence electrons. The summed E-state index contributed by atoms with van der Waals surface area (Å²) < 4.78 is 10.3. The highest BCUT2D eigenvalue weighted by atomic mass is 28.2. The number of hydrogen-bond donors (Lipinski definition) is 0. The minimum Gasteiger partial charge on any atom is -0.360 e. The molecule has 1 aromatic carbocycles.